The molecule has 1 aliphatic heterocycles. The fourth-order valence-corrected chi connectivity index (χ4v) is 4.73. The molecule has 3 aromatic rings. The first-order chi connectivity index (χ1) is 12.0. The monoisotopic (exact) mass is 356 g/mol. The normalized spacial score (nSPS) is 19.1. The minimum Gasteiger partial charge on any atom is -0.324 e. The lowest BCUT2D eigenvalue weighted by atomic mass is 10.1. The standard InChI is InChI=1S/C17H16N4O3S/c22-17(12-7-8-25(23,24)10-12)20-13-5-6-16(18-9-13)21-11-19-14-3-1-2-4-15(14)21/h1-6,9,11-12H,7-8,10H2,(H,20,22). The van der Waals surface area contributed by atoms with Crippen molar-refractivity contribution in [2.45, 2.75) is 6.42 Å². The third-order valence-electron chi connectivity index (χ3n) is 4.32. The van der Waals surface area contributed by atoms with Crippen LogP contribution in [0.4, 0.5) is 5.69 Å². The van der Waals surface area contributed by atoms with Crippen LogP contribution < -0.4 is 5.32 Å². The minimum absolute atomic E-state index is 0.0780. The van der Waals surface area contributed by atoms with Crippen molar-refractivity contribution in [3.63, 3.8) is 0 Å². The van der Waals surface area contributed by atoms with Crippen molar-refractivity contribution >= 4 is 32.5 Å². The maximum absolute atomic E-state index is 12.2. The van der Waals surface area contributed by atoms with Crippen molar-refractivity contribution in [3.8, 4) is 5.82 Å². The van der Waals surface area contributed by atoms with Crippen molar-refractivity contribution < 1.29 is 13.2 Å². The summed E-state index contributed by atoms with van der Waals surface area (Å²) in [5.74, 6) is -0.0671. The zero-order valence-electron chi connectivity index (χ0n) is 13.3. The van der Waals surface area contributed by atoms with Crippen molar-refractivity contribution in [3.05, 3.63) is 48.9 Å². The fraction of sp³-hybridized carbons (Fsp3) is 0.235. The summed E-state index contributed by atoms with van der Waals surface area (Å²) in [6, 6.07) is 11.3. The van der Waals surface area contributed by atoms with Gasteiger partial charge in [0.05, 0.1) is 40.3 Å². The van der Waals surface area contributed by atoms with E-state index >= 15 is 0 Å². The predicted octanol–water partition coefficient (Wildman–Crippen LogP) is 1.79. The van der Waals surface area contributed by atoms with Gasteiger partial charge in [0.1, 0.15) is 12.1 Å². The lowest BCUT2D eigenvalue weighted by Gasteiger charge is -2.10. The van der Waals surface area contributed by atoms with E-state index in [1.165, 1.54) is 0 Å². The summed E-state index contributed by atoms with van der Waals surface area (Å²) < 4.78 is 24.8. The number of nitrogens with zero attached hydrogens (tertiary/aromatic N) is 3. The summed E-state index contributed by atoms with van der Waals surface area (Å²) >= 11 is 0. The van der Waals surface area contributed by atoms with Crippen LogP contribution in [0.25, 0.3) is 16.9 Å². The predicted molar refractivity (Wildman–Crippen MR) is 94.3 cm³/mol. The number of carbonyl (C=O) groups is 1. The molecule has 3 heterocycles. The number of hydrogen-bond acceptors (Lipinski definition) is 5. The van der Waals surface area contributed by atoms with Gasteiger partial charge in [0.2, 0.25) is 5.91 Å². The summed E-state index contributed by atoms with van der Waals surface area (Å²) in [6.07, 6.45) is 3.64. The molecule has 0 spiro atoms. The second-order valence-electron chi connectivity index (χ2n) is 6.10. The zero-order chi connectivity index (χ0) is 17.4. The number of para-hydroxylation sites is 2. The molecule has 1 saturated heterocycles. The molecule has 7 nitrogen and oxygen atoms in total. The van der Waals surface area contributed by atoms with Crippen LogP contribution in [0, 0.1) is 5.92 Å². The van der Waals surface area contributed by atoms with E-state index in [-0.39, 0.29) is 17.4 Å². The van der Waals surface area contributed by atoms with E-state index in [0.717, 1.165) is 11.0 Å². The van der Waals surface area contributed by atoms with Crippen LogP contribution in [0.3, 0.4) is 0 Å². The molecule has 25 heavy (non-hydrogen) atoms. The number of hydrogen-bond donors (Lipinski definition) is 1. The lowest BCUT2D eigenvalue weighted by molar-refractivity contribution is -0.119. The lowest BCUT2D eigenvalue weighted by Crippen LogP contribution is -2.23. The highest BCUT2D eigenvalue weighted by Gasteiger charge is 2.32. The van der Waals surface area contributed by atoms with E-state index in [2.05, 4.69) is 15.3 Å². The summed E-state index contributed by atoms with van der Waals surface area (Å²) in [5, 5.41) is 2.74. The van der Waals surface area contributed by atoms with Crippen LogP contribution in [0.2, 0.25) is 0 Å². The maximum Gasteiger partial charge on any atom is 0.228 e. The Labute approximate surface area is 144 Å². The number of rotatable bonds is 3. The highest BCUT2D eigenvalue weighted by atomic mass is 32.2. The summed E-state index contributed by atoms with van der Waals surface area (Å²) in [7, 11) is -3.08. The van der Waals surface area contributed by atoms with Gasteiger partial charge >= 0.3 is 0 Å². The van der Waals surface area contributed by atoms with Gasteiger partial charge in [-0.05, 0) is 30.7 Å². The van der Waals surface area contributed by atoms with Crippen LogP contribution >= 0.6 is 0 Å². The highest BCUT2D eigenvalue weighted by Crippen LogP contribution is 2.21. The van der Waals surface area contributed by atoms with E-state index in [4.69, 9.17) is 0 Å². The quantitative estimate of drug-likeness (QED) is 0.772. The molecule has 1 aromatic carbocycles. The molecule has 1 unspecified atom stereocenters. The van der Waals surface area contributed by atoms with Gasteiger partial charge in [0.25, 0.3) is 0 Å². The Bertz CT molecular complexity index is 1040. The molecule has 1 N–H and O–H groups in total. The molecule has 8 heteroatoms. The molecule has 0 aliphatic carbocycles. The van der Waals surface area contributed by atoms with Gasteiger partial charge in [-0.2, -0.15) is 0 Å². The number of anilines is 1. The number of sulfone groups is 1. The first-order valence-electron chi connectivity index (χ1n) is 7.92. The van der Waals surface area contributed by atoms with Crippen LogP contribution in [-0.2, 0) is 14.6 Å². The van der Waals surface area contributed by atoms with E-state index in [9.17, 15) is 13.2 Å². The van der Waals surface area contributed by atoms with Crippen LogP contribution in [-0.4, -0.2) is 40.4 Å². The Morgan fingerprint density at radius 3 is 2.72 bits per heavy atom. The SMILES string of the molecule is O=C(Nc1ccc(-n2cnc3ccccc32)nc1)C1CCS(=O)(=O)C1. The van der Waals surface area contributed by atoms with Gasteiger partial charge in [-0.1, -0.05) is 12.1 Å². The number of fused-ring (bicyclic) bond motifs is 1. The Hall–Kier alpha value is -2.74. The van der Waals surface area contributed by atoms with E-state index in [0.29, 0.717) is 17.9 Å². The Morgan fingerprint density at radius 2 is 2.00 bits per heavy atom. The maximum atomic E-state index is 12.2. The Balaban J connectivity index is 1.52. The highest BCUT2D eigenvalue weighted by molar-refractivity contribution is 7.91. The second-order valence-corrected chi connectivity index (χ2v) is 8.33. The van der Waals surface area contributed by atoms with Gasteiger partial charge in [-0.3, -0.25) is 9.36 Å². The molecule has 1 fully saturated rings. The summed E-state index contributed by atoms with van der Waals surface area (Å²) in [6.45, 7) is 0. The number of aromatic nitrogens is 3. The Morgan fingerprint density at radius 1 is 1.16 bits per heavy atom. The van der Waals surface area contributed by atoms with E-state index in [1.807, 2.05) is 28.8 Å². The first-order valence-corrected chi connectivity index (χ1v) is 9.74. The van der Waals surface area contributed by atoms with Crippen molar-refractivity contribution in [2.75, 3.05) is 16.8 Å². The smallest absolute Gasteiger partial charge is 0.228 e. The topological polar surface area (TPSA) is 93.9 Å². The minimum atomic E-state index is -3.08. The number of benzene rings is 1. The molecule has 0 radical (unpaired) electrons. The van der Waals surface area contributed by atoms with Gasteiger partial charge < -0.3 is 5.32 Å². The Kier molecular flexibility index (Phi) is 3.76. The second kappa shape index (κ2) is 5.96. The molecule has 1 amide bonds. The molecule has 128 valence electrons. The van der Waals surface area contributed by atoms with Crippen molar-refractivity contribution in [1.29, 1.82) is 0 Å². The summed E-state index contributed by atoms with van der Waals surface area (Å²) in [5.41, 5.74) is 2.37. The number of nitrogens with one attached hydrogen (secondary N) is 1. The van der Waals surface area contributed by atoms with E-state index in [1.54, 1.807) is 24.7 Å². The molecular formula is C17H16N4O3S. The third-order valence-corrected chi connectivity index (χ3v) is 6.09. The average Bonchev–Trinajstić information content (AvgIpc) is 3.19. The molecule has 0 bridgehead atoms. The third kappa shape index (κ3) is 3.12. The van der Waals surface area contributed by atoms with Crippen LogP contribution in [0.15, 0.2) is 48.9 Å². The molecule has 0 saturated carbocycles. The van der Waals surface area contributed by atoms with Crippen molar-refractivity contribution in [1.82, 2.24) is 14.5 Å². The number of pyridine rings is 1. The average molecular weight is 356 g/mol. The zero-order valence-corrected chi connectivity index (χ0v) is 14.1. The van der Waals surface area contributed by atoms with Gasteiger partial charge in [-0.15, -0.1) is 0 Å². The van der Waals surface area contributed by atoms with E-state index < -0.39 is 15.8 Å². The number of imidazole rings is 1. The molecular weight excluding hydrogens is 340 g/mol. The summed E-state index contributed by atoms with van der Waals surface area (Å²) in [4.78, 5) is 20.9. The largest absolute Gasteiger partial charge is 0.324 e. The molecule has 4 rings (SSSR count). The number of amides is 1. The van der Waals surface area contributed by atoms with Crippen LogP contribution in [0.5, 0.6) is 0 Å². The molecule has 1 atom stereocenters. The fourth-order valence-electron chi connectivity index (χ4n) is 2.99. The molecule has 1 aliphatic rings. The first kappa shape index (κ1) is 15.8. The van der Waals surface area contributed by atoms with Gasteiger partial charge in [-0.25, -0.2) is 18.4 Å². The van der Waals surface area contributed by atoms with Crippen molar-refractivity contribution in [2.24, 2.45) is 5.92 Å². The van der Waals surface area contributed by atoms with Gasteiger partial charge in [0, 0.05) is 0 Å². The van der Waals surface area contributed by atoms with Crippen LogP contribution in [0.1, 0.15) is 6.42 Å². The van der Waals surface area contributed by atoms with Gasteiger partial charge in [0.15, 0.2) is 9.84 Å². The number of carbonyl (C=O) groups excluding carboxylic acids is 1. The molecule has 2 aromatic heterocycles.